The molecule has 3 aromatic rings. The number of benzene rings is 2. The first-order valence-corrected chi connectivity index (χ1v) is 10.2. The van der Waals surface area contributed by atoms with E-state index in [0.29, 0.717) is 5.82 Å². The average Bonchev–Trinajstić information content (AvgIpc) is 3.24. The number of nitrogens with two attached hydrogens (primary N) is 1. The third-order valence-corrected chi connectivity index (χ3v) is 5.29. The summed E-state index contributed by atoms with van der Waals surface area (Å²) in [6.07, 6.45) is 7.66. The Kier molecular flexibility index (Phi) is 5.99. The summed E-state index contributed by atoms with van der Waals surface area (Å²) >= 11 is 0. The van der Waals surface area contributed by atoms with Crippen LogP contribution >= 0.6 is 0 Å². The summed E-state index contributed by atoms with van der Waals surface area (Å²) in [5.74, 6) is 1.38. The molecule has 156 valence electrons. The summed E-state index contributed by atoms with van der Waals surface area (Å²) in [6.45, 7) is 1.58. The maximum atomic E-state index is 9.83. The van der Waals surface area contributed by atoms with Gasteiger partial charge in [-0.05, 0) is 35.7 Å². The van der Waals surface area contributed by atoms with Crippen LogP contribution in [0, 0.1) is 0 Å². The summed E-state index contributed by atoms with van der Waals surface area (Å²) in [5.41, 5.74) is 9.05. The van der Waals surface area contributed by atoms with Crippen molar-refractivity contribution in [3.8, 4) is 16.9 Å². The normalized spacial score (nSPS) is 20.3. The van der Waals surface area contributed by atoms with E-state index in [2.05, 4.69) is 17.1 Å². The van der Waals surface area contributed by atoms with Crippen LogP contribution in [0.15, 0.2) is 67.0 Å². The second-order valence-electron chi connectivity index (χ2n) is 7.68. The van der Waals surface area contributed by atoms with Crippen LogP contribution in [0.4, 0.5) is 0 Å². The van der Waals surface area contributed by atoms with Crippen molar-refractivity contribution in [1.29, 1.82) is 0 Å². The molecule has 1 saturated carbocycles. The van der Waals surface area contributed by atoms with Gasteiger partial charge in [0.2, 0.25) is 0 Å². The van der Waals surface area contributed by atoms with Gasteiger partial charge in [-0.1, -0.05) is 48.6 Å². The van der Waals surface area contributed by atoms with Gasteiger partial charge in [0.05, 0.1) is 12.6 Å². The molecule has 6 heteroatoms. The molecule has 1 aromatic heterocycles. The fourth-order valence-electron chi connectivity index (χ4n) is 3.40. The monoisotopic (exact) mass is 405 g/mol. The predicted molar refractivity (Wildman–Crippen MR) is 117 cm³/mol. The Morgan fingerprint density at radius 1 is 1.17 bits per heavy atom. The third-order valence-electron chi connectivity index (χ3n) is 5.29. The van der Waals surface area contributed by atoms with Crippen LogP contribution in [0.5, 0.6) is 5.75 Å². The van der Waals surface area contributed by atoms with E-state index in [1.165, 1.54) is 0 Å². The summed E-state index contributed by atoms with van der Waals surface area (Å²) in [5, 5.41) is 19.6. The van der Waals surface area contributed by atoms with Crippen LogP contribution in [0.25, 0.3) is 17.2 Å². The van der Waals surface area contributed by atoms with Gasteiger partial charge in [-0.15, -0.1) is 0 Å². The zero-order chi connectivity index (χ0) is 21.1. The lowest BCUT2D eigenvalue weighted by molar-refractivity contribution is 0.175. The number of rotatable bonds is 8. The topological polar surface area (TPSA) is 93.5 Å². The van der Waals surface area contributed by atoms with E-state index in [0.717, 1.165) is 28.9 Å². The number of hydrogen-bond acceptors (Lipinski definition) is 5. The fourth-order valence-corrected chi connectivity index (χ4v) is 3.40. The molecule has 4 atom stereocenters. The molecule has 1 aliphatic rings. The lowest BCUT2D eigenvalue weighted by Crippen LogP contribution is -2.14. The summed E-state index contributed by atoms with van der Waals surface area (Å²) < 4.78 is 7.57. The SMILES string of the molecule is C[C@H](O)c1nccn1[C@@H](/C=C/c1ccc(-c2ccc(O[C@@H]3C[C@H]3N)cc2)cc1)CO. The zero-order valence-corrected chi connectivity index (χ0v) is 16.9. The van der Waals surface area contributed by atoms with Gasteiger partial charge in [-0.25, -0.2) is 4.98 Å². The first-order valence-electron chi connectivity index (χ1n) is 10.2. The Morgan fingerprint density at radius 3 is 2.37 bits per heavy atom. The number of imidazole rings is 1. The lowest BCUT2D eigenvalue weighted by atomic mass is 10.0. The minimum atomic E-state index is -0.695. The summed E-state index contributed by atoms with van der Waals surface area (Å²) in [7, 11) is 0. The van der Waals surface area contributed by atoms with Crippen LogP contribution < -0.4 is 10.5 Å². The Hall–Kier alpha value is -2.93. The number of hydrogen-bond donors (Lipinski definition) is 3. The second-order valence-corrected chi connectivity index (χ2v) is 7.68. The number of aliphatic hydroxyl groups is 2. The highest BCUT2D eigenvalue weighted by molar-refractivity contribution is 5.66. The Bertz CT molecular complexity index is 993. The van der Waals surface area contributed by atoms with Gasteiger partial charge in [-0.3, -0.25) is 0 Å². The summed E-state index contributed by atoms with van der Waals surface area (Å²) in [4.78, 5) is 4.17. The lowest BCUT2D eigenvalue weighted by Gasteiger charge is -2.16. The third kappa shape index (κ3) is 4.62. The largest absolute Gasteiger partial charge is 0.489 e. The predicted octanol–water partition coefficient (Wildman–Crippen LogP) is 3.33. The van der Waals surface area contributed by atoms with Crippen LogP contribution in [0.1, 0.15) is 36.9 Å². The average molecular weight is 405 g/mol. The van der Waals surface area contributed by atoms with Gasteiger partial charge >= 0.3 is 0 Å². The molecule has 1 fully saturated rings. The molecule has 0 amide bonds. The van der Waals surface area contributed by atoms with Crippen molar-refractivity contribution in [3.05, 3.63) is 78.4 Å². The van der Waals surface area contributed by atoms with Gasteiger partial charge in [0, 0.05) is 24.9 Å². The molecule has 6 nitrogen and oxygen atoms in total. The molecule has 0 bridgehead atoms. The van der Waals surface area contributed by atoms with Crippen molar-refractivity contribution >= 4 is 6.08 Å². The standard InChI is InChI=1S/C24H27N3O3/c1-16(29)24-26-12-13-27(24)20(15-28)9-4-17-2-5-18(6-3-17)19-7-10-21(11-8-19)30-23-14-22(23)25/h2-13,16,20,22-23,28-29H,14-15,25H2,1H3/b9-4+/t16-,20-,22+,23+/m0/s1. The zero-order valence-electron chi connectivity index (χ0n) is 16.9. The first-order chi connectivity index (χ1) is 14.5. The quantitative estimate of drug-likeness (QED) is 0.534. The van der Waals surface area contributed by atoms with Crippen molar-refractivity contribution in [3.63, 3.8) is 0 Å². The maximum Gasteiger partial charge on any atom is 0.137 e. The highest BCUT2D eigenvalue weighted by Crippen LogP contribution is 2.28. The molecule has 0 spiro atoms. The van der Waals surface area contributed by atoms with Crippen molar-refractivity contribution < 1.29 is 14.9 Å². The number of nitrogens with zero attached hydrogens (tertiary/aromatic N) is 2. The molecular weight excluding hydrogens is 378 g/mol. The molecule has 1 aliphatic carbocycles. The summed E-state index contributed by atoms with van der Waals surface area (Å²) in [6, 6.07) is 16.1. The van der Waals surface area contributed by atoms with E-state index in [1.54, 1.807) is 23.9 Å². The minimum absolute atomic E-state index is 0.0785. The minimum Gasteiger partial charge on any atom is -0.489 e. The highest BCUT2D eigenvalue weighted by Gasteiger charge is 2.35. The van der Waals surface area contributed by atoms with E-state index < -0.39 is 6.10 Å². The van der Waals surface area contributed by atoms with Crippen molar-refractivity contribution in [2.45, 2.75) is 37.6 Å². The maximum absolute atomic E-state index is 9.83. The van der Waals surface area contributed by atoms with Gasteiger partial charge in [-0.2, -0.15) is 0 Å². The Morgan fingerprint density at radius 2 is 1.80 bits per heavy atom. The molecule has 1 heterocycles. The smallest absolute Gasteiger partial charge is 0.137 e. The van der Waals surface area contributed by atoms with Crippen LogP contribution in [-0.4, -0.2) is 38.5 Å². The molecule has 30 heavy (non-hydrogen) atoms. The fraction of sp³-hybridized carbons (Fsp3) is 0.292. The van der Waals surface area contributed by atoms with Crippen molar-refractivity contribution in [2.24, 2.45) is 5.73 Å². The molecule has 0 saturated heterocycles. The van der Waals surface area contributed by atoms with Gasteiger partial charge < -0.3 is 25.3 Å². The number of aliphatic hydroxyl groups excluding tert-OH is 2. The van der Waals surface area contributed by atoms with E-state index in [-0.39, 0.29) is 24.8 Å². The number of aromatic nitrogens is 2. The first kappa shape index (κ1) is 20.3. The Labute approximate surface area is 176 Å². The van der Waals surface area contributed by atoms with E-state index in [4.69, 9.17) is 10.5 Å². The second kappa shape index (κ2) is 8.83. The molecule has 4 rings (SSSR count). The molecule has 2 aromatic carbocycles. The Balaban J connectivity index is 1.43. The molecule has 0 aliphatic heterocycles. The highest BCUT2D eigenvalue weighted by atomic mass is 16.5. The van der Waals surface area contributed by atoms with Crippen molar-refractivity contribution in [1.82, 2.24) is 9.55 Å². The molecular formula is C24H27N3O3. The van der Waals surface area contributed by atoms with E-state index >= 15 is 0 Å². The van der Waals surface area contributed by atoms with Crippen LogP contribution in [0.2, 0.25) is 0 Å². The molecule has 0 unspecified atom stereocenters. The molecule has 0 radical (unpaired) electrons. The van der Waals surface area contributed by atoms with Crippen molar-refractivity contribution in [2.75, 3.05) is 6.61 Å². The number of ether oxygens (including phenoxy) is 1. The van der Waals surface area contributed by atoms with Gasteiger partial charge in [0.25, 0.3) is 0 Å². The van der Waals surface area contributed by atoms with Crippen LogP contribution in [-0.2, 0) is 0 Å². The van der Waals surface area contributed by atoms with Gasteiger partial charge in [0.15, 0.2) is 0 Å². The van der Waals surface area contributed by atoms with E-state index in [1.807, 2.05) is 48.6 Å². The molecule has 4 N–H and O–H groups in total. The van der Waals surface area contributed by atoms with Gasteiger partial charge in [0.1, 0.15) is 23.8 Å². The van der Waals surface area contributed by atoms with Crippen LogP contribution in [0.3, 0.4) is 0 Å². The van der Waals surface area contributed by atoms with E-state index in [9.17, 15) is 10.2 Å².